The van der Waals surface area contributed by atoms with Gasteiger partial charge in [-0.15, -0.1) is 0 Å². The van der Waals surface area contributed by atoms with Crippen LogP contribution >= 0.6 is 0 Å². The largest absolute Gasteiger partial charge is 0.494 e. The van der Waals surface area contributed by atoms with E-state index in [4.69, 9.17) is 4.74 Å². The minimum absolute atomic E-state index is 0.0519. The highest BCUT2D eigenvalue weighted by Gasteiger charge is 2.18. The number of nitrogens with zero attached hydrogens (tertiary/aromatic N) is 2. The van der Waals surface area contributed by atoms with Gasteiger partial charge in [-0.05, 0) is 37.6 Å². The summed E-state index contributed by atoms with van der Waals surface area (Å²) in [4.78, 5) is 16.2. The van der Waals surface area contributed by atoms with Gasteiger partial charge in [0.05, 0.1) is 6.61 Å². The first kappa shape index (κ1) is 16.6. The molecule has 1 aromatic rings. The summed E-state index contributed by atoms with van der Waals surface area (Å²) in [5.41, 5.74) is 1.21. The molecule has 0 bridgehead atoms. The van der Waals surface area contributed by atoms with Gasteiger partial charge in [-0.25, -0.2) is 4.79 Å². The van der Waals surface area contributed by atoms with Crippen molar-refractivity contribution in [3.8, 4) is 5.75 Å². The molecule has 2 rings (SSSR count). The summed E-state index contributed by atoms with van der Waals surface area (Å²) in [5, 5.41) is 3.00. The van der Waals surface area contributed by atoms with E-state index in [1.54, 1.807) is 0 Å². The highest BCUT2D eigenvalue weighted by Crippen LogP contribution is 2.12. The number of carbonyl (C=O) groups is 1. The smallest absolute Gasteiger partial charge is 0.317 e. The monoisotopic (exact) mass is 305 g/mol. The molecule has 1 fully saturated rings. The molecule has 1 N–H and O–H groups in total. The van der Waals surface area contributed by atoms with E-state index in [0.717, 1.165) is 51.4 Å². The molecule has 0 spiro atoms. The fourth-order valence-corrected chi connectivity index (χ4v) is 2.41. The molecular weight excluding hydrogens is 278 g/mol. The van der Waals surface area contributed by atoms with Crippen LogP contribution in [0.25, 0.3) is 0 Å². The zero-order valence-corrected chi connectivity index (χ0v) is 13.7. The first-order chi connectivity index (χ1) is 10.7. The Hall–Kier alpha value is -1.75. The average molecular weight is 305 g/mol. The van der Waals surface area contributed by atoms with Crippen molar-refractivity contribution in [3.05, 3.63) is 29.8 Å². The first-order valence-corrected chi connectivity index (χ1v) is 8.12. The van der Waals surface area contributed by atoms with Crippen molar-refractivity contribution in [1.82, 2.24) is 15.1 Å². The Balaban J connectivity index is 1.68. The van der Waals surface area contributed by atoms with E-state index < -0.39 is 0 Å². The first-order valence-electron chi connectivity index (χ1n) is 8.12. The number of hydrogen-bond donors (Lipinski definition) is 1. The third-order valence-electron chi connectivity index (χ3n) is 3.88. The lowest BCUT2D eigenvalue weighted by Gasteiger charge is -2.32. The molecular formula is C17H27N3O2. The molecule has 5 heteroatoms. The standard InChI is InChI=1S/C17H27N3O2/c1-3-14-22-16-6-4-15(5-7-16)8-9-18-17(21)20-12-10-19(2)11-13-20/h4-7H,3,8-14H2,1-2H3,(H,18,21). The molecule has 1 aliphatic heterocycles. The zero-order valence-electron chi connectivity index (χ0n) is 13.7. The van der Waals surface area contributed by atoms with Crippen LogP contribution < -0.4 is 10.1 Å². The van der Waals surface area contributed by atoms with Crippen molar-refractivity contribution in [2.45, 2.75) is 19.8 Å². The maximum absolute atomic E-state index is 12.0. The third-order valence-corrected chi connectivity index (χ3v) is 3.88. The Kier molecular flexibility index (Phi) is 6.52. The SMILES string of the molecule is CCCOc1ccc(CCNC(=O)N2CCN(C)CC2)cc1. The molecule has 1 saturated heterocycles. The third kappa shape index (κ3) is 5.22. The Morgan fingerprint density at radius 1 is 1.18 bits per heavy atom. The van der Waals surface area contributed by atoms with Crippen molar-refractivity contribution in [2.75, 3.05) is 46.4 Å². The topological polar surface area (TPSA) is 44.8 Å². The molecule has 1 aromatic carbocycles. The number of carbonyl (C=O) groups excluding carboxylic acids is 1. The van der Waals surface area contributed by atoms with Crippen LogP contribution in [0, 0.1) is 0 Å². The van der Waals surface area contributed by atoms with Crippen molar-refractivity contribution < 1.29 is 9.53 Å². The van der Waals surface area contributed by atoms with Gasteiger partial charge in [-0.2, -0.15) is 0 Å². The van der Waals surface area contributed by atoms with Gasteiger partial charge in [0.15, 0.2) is 0 Å². The molecule has 22 heavy (non-hydrogen) atoms. The Bertz CT molecular complexity index is 453. The van der Waals surface area contributed by atoms with E-state index in [1.807, 2.05) is 17.0 Å². The second-order valence-electron chi connectivity index (χ2n) is 5.76. The lowest BCUT2D eigenvalue weighted by atomic mass is 10.1. The molecule has 0 aliphatic carbocycles. The fraction of sp³-hybridized carbons (Fsp3) is 0.588. The zero-order chi connectivity index (χ0) is 15.8. The summed E-state index contributed by atoms with van der Waals surface area (Å²) >= 11 is 0. The molecule has 0 saturated carbocycles. The predicted molar refractivity (Wildman–Crippen MR) is 88.4 cm³/mol. The number of urea groups is 1. The van der Waals surface area contributed by atoms with E-state index in [-0.39, 0.29) is 6.03 Å². The van der Waals surface area contributed by atoms with E-state index in [9.17, 15) is 4.79 Å². The molecule has 0 unspecified atom stereocenters. The minimum atomic E-state index is 0.0519. The van der Waals surface area contributed by atoms with E-state index in [1.165, 1.54) is 5.56 Å². The highest BCUT2D eigenvalue weighted by molar-refractivity contribution is 5.74. The summed E-state index contributed by atoms with van der Waals surface area (Å²) < 4.78 is 5.56. The summed E-state index contributed by atoms with van der Waals surface area (Å²) in [6.45, 7) is 7.04. The lowest BCUT2D eigenvalue weighted by molar-refractivity contribution is 0.154. The Labute approximate surface area is 133 Å². The molecule has 1 aliphatic rings. The molecule has 1 heterocycles. The van der Waals surface area contributed by atoms with Crippen LogP contribution in [0.1, 0.15) is 18.9 Å². The van der Waals surface area contributed by atoms with Crippen molar-refractivity contribution in [3.63, 3.8) is 0 Å². The lowest BCUT2D eigenvalue weighted by Crippen LogP contribution is -2.50. The Morgan fingerprint density at radius 3 is 2.50 bits per heavy atom. The summed E-state index contributed by atoms with van der Waals surface area (Å²) in [6.07, 6.45) is 1.85. The molecule has 0 aromatic heterocycles. The number of ether oxygens (including phenoxy) is 1. The minimum Gasteiger partial charge on any atom is -0.494 e. The summed E-state index contributed by atoms with van der Waals surface area (Å²) in [5.74, 6) is 0.909. The van der Waals surface area contributed by atoms with Gasteiger partial charge >= 0.3 is 6.03 Å². The molecule has 0 atom stereocenters. The molecule has 5 nitrogen and oxygen atoms in total. The molecule has 2 amide bonds. The van der Waals surface area contributed by atoms with E-state index >= 15 is 0 Å². The number of amides is 2. The average Bonchev–Trinajstić information content (AvgIpc) is 2.54. The normalized spacial score (nSPS) is 15.6. The predicted octanol–water partition coefficient (Wildman–Crippen LogP) is 1.97. The maximum atomic E-state index is 12.0. The highest BCUT2D eigenvalue weighted by atomic mass is 16.5. The second kappa shape index (κ2) is 8.63. The number of benzene rings is 1. The van der Waals surface area contributed by atoms with Gasteiger partial charge < -0.3 is 19.9 Å². The number of piperazine rings is 1. The number of nitrogens with one attached hydrogen (secondary N) is 1. The van der Waals surface area contributed by atoms with Crippen LogP contribution in [0.5, 0.6) is 5.75 Å². The number of hydrogen-bond acceptors (Lipinski definition) is 3. The number of rotatable bonds is 6. The van der Waals surface area contributed by atoms with Gasteiger partial charge in [0.25, 0.3) is 0 Å². The van der Waals surface area contributed by atoms with Crippen molar-refractivity contribution in [2.24, 2.45) is 0 Å². The van der Waals surface area contributed by atoms with E-state index in [2.05, 4.69) is 36.3 Å². The van der Waals surface area contributed by atoms with Crippen LogP contribution in [-0.4, -0.2) is 62.2 Å². The van der Waals surface area contributed by atoms with Crippen molar-refractivity contribution >= 4 is 6.03 Å². The van der Waals surface area contributed by atoms with Gasteiger partial charge in [0.1, 0.15) is 5.75 Å². The van der Waals surface area contributed by atoms with Gasteiger partial charge in [-0.1, -0.05) is 19.1 Å². The van der Waals surface area contributed by atoms with Gasteiger partial charge in [0.2, 0.25) is 0 Å². The van der Waals surface area contributed by atoms with E-state index in [0.29, 0.717) is 6.54 Å². The van der Waals surface area contributed by atoms with Gasteiger partial charge in [0, 0.05) is 32.7 Å². The fourth-order valence-electron chi connectivity index (χ4n) is 2.41. The number of likely N-dealkylation sites (N-methyl/N-ethyl adjacent to an activating group) is 1. The second-order valence-corrected chi connectivity index (χ2v) is 5.76. The summed E-state index contributed by atoms with van der Waals surface area (Å²) in [6, 6.07) is 8.16. The van der Waals surface area contributed by atoms with Crippen LogP contribution in [0.2, 0.25) is 0 Å². The maximum Gasteiger partial charge on any atom is 0.317 e. The quantitative estimate of drug-likeness (QED) is 0.874. The van der Waals surface area contributed by atoms with Crippen LogP contribution in [0.15, 0.2) is 24.3 Å². The van der Waals surface area contributed by atoms with Crippen LogP contribution in [0.4, 0.5) is 4.79 Å². The Morgan fingerprint density at radius 2 is 1.86 bits per heavy atom. The molecule has 122 valence electrons. The van der Waals surface area contributed by atoms with Gasteiger partial charge in [-0.3, -0.25) is 0 Å². The van der Waals surface area contributed by atoms with Crippen LogP contribution in [-0.2, 0) is 6.42 Å². The molecule has 0 radical (unpaired) electrons. The van der Waals surface area contributed by atoms with Crippen LogP contribution in [0.3, 0.4) is 0 Å². The van der Waals surface area contributed by atoms with Crippen molar-refractivity contribution in [1.29, 1.82) is 0 Å². The summed E-state index contributed by atoms with van der Waals surface area (Å²) in [7, 11) is 2.09.